The largest absolute Gasteiger partial charge is 0.458 e. The molecular formula is C10H16O3. The first-order chi connectivity index (χ1) is 5.94. The Bertz CT molecular complexity index is 241. The van der Waals surface area contributed by atoms with Gasteiger partial charge in [-0.1, -0.05) is 0 Å². The van der Waals surface area contributed by atoms with Gasteiger partial charge in [0, 0.05) is 0 Å². The molecule has 0 aromatic rings. The van der Waals surface area contributed by atoms with Crippen LogP contribution in [0.2, 0.25) is 0 Å². The van der Waals surface area contributed by atoms with E-state index < -0.39 is 11.2 Å². The van der Waals surface area contributed by atoms with Crippen molar-refractivity contribution in [2.45, 2.75) is 57.3 Å². The second-order valence-corrected chi connectivity index (χ2v) is 4.89. The normalized spacial score (nSPS) is 37.0. The lowest BCUT2D eigenvalue weighted by Crippen LogP contribution is -2.34. The first kappa shape index (κ1) is 9.00. The van der Waals surface area contributed by atoms with Crippen molar-refractivity contribution in [3.63, 3.8) is 0 Å². The minimum absolute atomic E-state index is 0.155. The van der Waals surface area contributed by atoms with Gasteiger partial charge in [0.25, 0.3) is 0 Å². The number of ether oxygens (including phenoxy) is 2. The molecule has 1 aliphatic heterocycles. The van der Waals surface area contributed by atoms with Crippen LogP contribution in [0, 0.1) is 0 Å². The van der Waals surface area contributed by atoms with E-state index in [2.05, 4.69) is 0 Å². The first-order valence-electron chi connectivity index (χ1n) is 4.85. The fraction of sp³-hybridized carbons (Fsp3) is 0.900. The Kier molecular flexibility index (Phi) is 1.71. The third kappa shape index (κ3) is 1.46. The summed E-state index contributed by atoms with van der Waals surface area (Å²) >= 11 is 0. The summed E-state index contributed by atoms with van der Waals surface area (Å²) in [5.41, 5.74) is -0.932. The lowest BCUT2D eigenvalue weighted by atomic mass is 10.1. The lowest BCUT2D eigenvalue weighted by molar-refractivity contribution is -0.161. The van der Waals surface area contributed by atoms with E-state index in [9.17, 15) is 4.79 Å². The molecule has 74 valence electrons. The van der Waals surface area contributed by atoms with E-state index in [0.717, 1.165) is 19.3 Å². The summed E-state index contributed by atoms with van der Waals surface area (Å²) in [4.78, 5) is 11.7. The van der Waals surface area contributed by atoms with Gasteiger partial charge in [0.1, 0.15) is 5.60 Å². The molecule has 0 spiro atoms. The van der Waals surface area contributed by atoms with Gasteiger partial charge in [0.2, 0.25) is 0 Å². The third-order valence-electron chi connectivity index (χ3n) is 2.57. The summed E-state index contributed by atoms with van der Waals surface area (Å²) in [7, 11) is 0. The maximum atomic E-state index is 11.7. The molecule has 2 fully saturated rings. The van der Waals surface area contributed by atoms with Crippen molar-refractivity contribution in [3.05, 3.63) is 0 Å². The van der Waals surface area contributed by atoms with Crippen LogP contribution in [0.4, 0.5) is 0 Å². The summed E-state index contributed by atoms with van der Waals surface area (Å²) < 4.78 is 10.7. The molecule has 3 heteroatoms. The van der Waals surface area contributed by atoms with Gasteiger partial charge in [-0.2, -0.15) is 0 Å². The van der Waals surface area contributed by atoms with Crippen LogP contribution in [0.1, 0.15) is 40.0 Å². The van der Waals surface area contributed by atoms with Gasteiger partial charge >= 0.3 is 5.97 Å². The van der Waals surface area contributed by atoms with E-state index in [1.807, 2.05) is 20.8 Å². The first-order valence-corrected chi connectivity index (χ1v) is 4.85. The second-order valence-electron chi connectivity index (χ2n) is 4.89. The van der Waals surface area contributed by atoms with Gasteiger partial charge in [-0.15, -0.1) is 0 Å². The minimum Gasteiger partial charge on any atom is -0.458 e. The van der Waals surface area contributed by atoms with E-state index in [1.54, 1.807) is 0 Å². The molecule has 2 unspecified atom stereocenters. The zero-order valence-corrected chi connectivity index (χ0v) is 8.42. The topological polar surface area (TPSA) is 38.8 Å². The monoisotopic (exact) mass is 184 g/mol. The van der Waals surface area contributed by atoms with E-state index in [4.69, 9.17) is 9.47 Å². The van der Waals surface area contributed by atoms with Crippen LogP contribution in [-0.4, -0.2) is 23.3 Å². The Morgan fingerprint density at radius 1 is 1.54 bits per heavy atom. The number of rotatable bonds is 1. The predicted octanol–water partition coefficient (Wildman–Crippen LogP) is 1.65. The van der Waals surface area contributed by atoms with Crippen LogP contribution in [0.15, 0.2) is 0 Å². The summed E-state index contributed by atoms with van der Waals surface area (Å²) in [6.07, 6.45) is 3.10. The van der Waals surface area contributed by atoms with Crippen molar-refractivity contribution in [2.75, 3.05) is 0 Å². The molecule has 0 amide bonds. The zero-order chi connectivity index (χ0) is 9.69. The number of carbonyl (C=O) groups excluding carboxylic acids is 1. The number of hydrogen-bond acceptors (Lipinski definition) is 3. The van der Waals surface area contributed by atoms with E-state index >= 15 is 0 Å². The third-order valence-corrected chi connectivity index (χ3v) is 2.57. The molecule has 0 N–H and O–H groups in total. The van der Waals surface area contributed by atoms with Crippen LogP contribution in [-0.2, 0) is 14.3 Å². The molecule has 0 bridgehead atoms. The SMILES string of the molecule is CC(C)(C)OC(=O)C12CCCC1O2. The van der Waals surface area contributed by atoms with Crippen LogP contribution in [0.25, 0.3) is 0 Å². The Morgan fingerprint density at radius 2 is 2.23 bits per heavy atom. The average molecular weight is 184 g/mol. The van der Waals surface area contributed by atoms with Crippen LogP contribution >= 0.6 is 0 Å². The number of hydrogen-bond donors (Lipinski definition) is 0. The van der Waals surface area contributed by atoms with Gasteiger partial charge < -0.3 is 9.47 Å². The fourth-order valence-electron chi connectivity index (χ4n) is 1.93. The molecule has 13 heavy (non-hydrogen) atoms. The summed E-state index contributed by atoms with van der Waals surface area (Å²) in [5.74, 6) is -0.164. The average Bonchev–Trinajstić information content (AvgIpc) is 2.52. The van der Waals surface area contributed by atoms with E-state index in [0.29, 0.717) is 0 Å². The second kappa shape index (κ2) is 2.47. The molecule has 1 saturated carbocycles. The fourth-order valence-corrected chi connectivity index (χ4v) is 1.93. The number of epoxide rings is 1. The molecule has 2 atom stereocenters. The van der Waals surface area contributed by atoms with Crippen LogP contribution in [0.5, 0.6) is 0 Å². The number of carbonyl (C=O) groups is 1. The van der Waals surface area contributed by atoms with E-state index in [-0.39, 0.29) is 12.1 Å². The van der Waals surface area contributed by atoms with Crippen molar-refractivity contribution in [3.8, 4) is 0 Å². The Hall–Kier alpha value is -0.570. The van der Waals surface area contributed by atoms with Gasteiger partial charge in [-0.3, -0.25) is 0 Å². The summed E-state index contributed by atoms with van der Waals surface area (Å²) in [6, 6.07) is 0. The van der Waals surface area contributed by atoms with Crippen molar-refractivity contribution >= 4 is 5.97 Å². The highest BCUT2D eigenvalue weighted by atomic mass is 16.7. The minimum atomic E-state index is -0.534. The molecule has 0 aromatic heterocycles. The lowest BCUT2D eigenvalue weighted by Gasteiger charge is -2.21. The molecule has 1 heterocycles. The zero-order valence-electron chi connectivity index (χ0n) is 8.42. The number of fused-ring (bicyclic) bond motifs is 1. The smallest absolute Gasteiger partial charge is 0.341 e. The van der Waals surface area contributed by atoms with Gasteiger partial charge in [-0.05, 0) is 40.0 Å². The van der Waals surface area contributed by atoms with Gasteiger partial charge in [-0.25, -0.2) is 4.79 Å². The standard InChI is InChI=1S/C10H16O3/c1-9(2,3)13-8(11)10-6-4-5-7(10)12-10/h7H,4-6H2,1-3H3. The molecule has 1 aliphatic carbocycles. The highest BCUT2D eigenvalue weighted by molar-refractivity contribution is 5.84. The van der Waals surface area contributed by atoms with Crippen molar-refractivity contribution in [2.24, 2.45) is 0 Å². The summed E-state index contributed by atoms with van der Waals surface area (Å²) in [5, 5.41) is 0. The number of esters is 1. The van der Waals surface area contributed by atoms with Gasteiger partial charge in [0.15, 0.2) is 5.60 Å². The molecule has 0 radical (unpaired) electrons. The maximum absolute atomic E-state index is 11.7. The molecule has 0 aromatic carbocycles. The Morgan fingerprint density at radius 3 is 2.62 bits per heavy atom. The highest BCUT2D eigenvalue weighted by Crippen LogP contribution is 2.51. The quantitative estimate of drug-likeness (QED) is 0.459. The molecular weight excluding hydrogens is 168 g/mol. The predicted molar refractivity (Wildman–Crippen MR) is 47.3 cm³/mol. The Balaban J connectivity index is 1.99. The van der Waals surface area contributed by atoms with Crippen molar-refractivity contribution < 1.29 is 14.3 Å². The van der Waals surface area contributed by atoms with Crippen molar-refractivity contribution in [1.82, 2.24) is 0 Å². The molecule has 2 rings (SSSR count). The molecule has 3 nitrogen and oxygen atoms in total. The highest BCUT2D eigenvalue weighted by Gasteiger charge is 2.66. The Labute approximate surface area is 78.4 Å². The van der Waals surface area contributed by atoms with E-state index in [1.165, 1.54) is 0 Å². The summed E-state index contributed by atoms with van der Waals surface area (Å²) in [6.45, 7) is 5.65. The molecule has 2 aliphatic rings. The van der Waals surface area contributed by atoms with Crippen LogP contribution < -0.4 is 0 Å². The van der Waals surface area contributed by atoms with Crippen LogP contribution in [0.3, 0.4) is 0 Å². The molecule has 1 saturated heterocycles. The van der Waals surface area contributed by atoms with Crippen molar-refractivity contribution in [1.29, 1.82) is 0 Å². The maximum Gasteiger partial charge on any atom is 0.341 e. The van der Waals surface area contributed by atoms with Gasteiger partial charge in [0.05, 0.1) is 6.10 Å².